The highest BCUT2D eigenvalue weighted by Crippen LogP contribution is 2.29. The van der Waals surface area contributed by atoms with E-state index < -0.39 is 90.4 Å². The highest BCUT2D eigenvalue weighted by atomic mass is 19.4. The van der Waals surface area contributed by atoms with Gasteiger partial charge in [-0.1, -0.05) is 0 Å². The van der Waals surface area contributed by atoms with Gasteiger partial charge in [-0.05, 0) is 12.1 Å². The second kappa shape index (κ2) is 43.3. The molecule has 2 aliphatic rings. The van der Waals surface area contributed by atoms with Crippen LogP contribution in [-0.4, -0.2) is 296 Å². The van der Waals surface area contributed by atoms with Gasteiger partial charge in [0.1, 0.15) is 54.6 Å². The lowest BCUT2D eigenvalue weighted by atomic mass is 9.98. The molecule has 4 heterocycles. The molecular formula is C52H81F6N9O22. The molecule has 37 heteroatoms. The van der Waals surface area contributed by atoms with Crippen LogP contribution in [-0.2, 0) is 93.1 Å². The Morgan fingerprint density at radius 2 is 0.899 bits per heavy atom. The van der Waals surface area contributed by atoms with Crippen molar-refractivity contribution in [3.8, 4) is 0 Å². The number of hydrogen-bond donors (Lipinski definition) is 10. The number of nitrogens with one attached hydrogen (secondary N) is 5. The van der Waals surface area contributed by atoms with Gasteiger partial charge in [-0.2, -0.15) is 26.3 Å². The Balaban J connectivity index is 0.921. The van der Waals surface area contributed by atoms with Gasteiger partial charge < -0.3 is 108 Å². The number of nitrogens with zero attached hydrogens (tertiary/aromatic N) is 4. The smallest absolute Gasteiger partial charge is 0.433 e. The van der Waals surface area contributed by atoms with Gasteiger partial charge in [0.25, 0.3) is 0 Å². The molecular weight excluding hydrogens is 1220 g/mol. The number of carbonyl (C=O) groups excluding carboxylic acids is 3. The summed E-state index contributed by atoms with van der Waals surface area (Å²) in [5.74, 6) is -3.20. The second-order valence-electron chi connectivity index (χ2n) is 19.3. The molecule has 2 saturated heterocycles. The number of hydrogen-bond acceptors (Lipinski definition) is 28. The van der Waals surface area contributed by atoms with Gasteiger partial charge in [-0.25, -0.2) is 19.9 Å². The lowest BCUT2D eigenvalue weighted by Gasteiger charge is -2.37. The number of aliphatic hydroxyl groups excluding tert-OH is 4. The maximum Gasteiger partial charge on any atom is 0.433 e. The minimum Gasteiger partial charge on any atom is -0.481 e. The van der Waals surface area contributed by atoms with Crippen molar-refractivity contribution in [2.75, 3.05) is 182 Å². The molecule has 2 amide bonds. The molecule has 2 fully saturated rings. The predicted molar refractivity (Wildman–Crippen MR) is 291 cm³/mol. The Bertz CT molecular complexity index is 2160. The fourth-order valence-corrected chi connectivity index (χ4v) is 7.71. The number of aliphatic hydroxyl groups is 4. The Labute approximate surface area is 507 Å². The predicted octanol–water partition coefficient (Wildman–Crippen LogP) is -2.04. The topological polar surface area (TPSA) is 401 Å². The average molecular weight is 1300 g/mol. The molecule has 89 heavy (non-hydrogen) atoms. The molecule has 2 aromatic rings. The number of aromatic nitrogens is 4. The normalized spacial score (nSPS) is 20.5. The number of carbonyl (C=O) groups is 4. The maximum atomic E-state index is 13.0. The standard InChI is InChI=1S/C52H81F6N9O22/c53-51(54,55)39-1-6-61-49(66-39)64-35-30-88-37(47(75)45(35)73)32-85-25-23-81-21-19-79-17-15-77-13-8-59-41(68)3-10-83-28-34(63-27-44(72)87-12-5-43(70)71)29-84-11-4-42(69)60-9-14-78-16-18-80-20-22-82-24-26-86-33-38-48(76)46(74)36(31-89-38)65-50-62-7-2-40(67-50)52(56,57)58/h1-2,6-7,34-38,45-48,63,73-76H,3-5,8-33H2,(H,59,68)(H,60,69)(H,70,71)(H,61,64,66)(H,62,65,67)/t35-,36-,37+,38+,45+,46+,47-,48-/m0/s1. The van der Waals surface area contributed by atoms with Crippen molar-refractivity contribution in [3.63, 3.8) is 0 Å². The number of aliphatic carboxylic acids is 1. The Morgan fingerprint density at radius 1 is 0.517 bits per heavy atom. The van der Waals surface area contributed by atoms with Crippen molar-refractivity contribution >= 4 is 35.6 Å². The zero-order valence-corrected chi connectivity index (χ0v) is 48.7. The summed E-state index contributed by atoms with van der Waals surface area (Å²) in [6.45, 7) is 2.50. The van der Waals surface area contributed by atoms with Crippen LogP contribution >= 0.6 is 0 Å². The minimum atomic E-state index is -4.68. The minimum absolute atomic E-state index is 0.00780. The second-order valence-corrected chi connectivity index (χ2v) is 19.3. The molecule has 0 aliphatic carbocycles. The molecule has 0 bridgehead atoms. The van der Waals surface area contributed by atoms with E-state index in [9.17, 15) is 65.9 Å². The van der Waals surface area contributed by atoms with Gasteiger partial charge in [-0.3, -0.25) is 24.5 Å². The number of alkyl halides is 6. The maximum absolute atomic E-state index is 13.0. The third-order valence-electron chi connectivity index (χ3n) is 12.4. The molecule has 508 valence electrons. The van der Waals surface area contributed by atoms with Gasteiger partial charge >= 0.3 is 24.3 Å². The molecule has 0 unspecified atom stereocenters. The van der Waals surface area contributed by atoms with E-state index in [4.69, 9.17) is 66.7 Å². The van der Waals surface area contributed by atoms with Gasteiger partial charge in [0.2, 0.25) is 23.7 Å². The zero-order valence-electron chi connectivity index (χ0n) is 48.7. The van der Waals surface area contributed by atoms with Crippen LogP contribution in [0.5, 0.6) is 0 Å². The first kappa shape index (κ1) is 76.0. The summed E-state index contributed by atoms with van der Waals surface area (Å²) in [6, 6.07) is -1.11. The first-order chi connectivity index (χ1) is 42.7. The van der Waals surface area contributed by atoms with Crippen molar-refractivity contribution in [1.82, 2.24) is 35.9 Å². The van der Waals surface area contributed by atoms with E-state index in [1.54, 1.807) is 0 Å². The van der Waals surface area contributed by atoms with E-state index in [1.165, 1.54) is 0 Å². The Kier molecular flexibility index (Phi) is 37.0. The number of rotatable bonds is 48. The van der Waals surface area contributed by atoms with E-state index in [0.717, 1.165) is 12.4 Å². The SMILES string of the molecule is O=C(O)CCOC(=O)CNC(COCCC(=O)NCCOCCOCCOCCOC[C@H]1OC[C@H](Nc2nccc(C(F)(F)F)n2)[C@@H](O)[C@H]1O)COCCC(=O)NCCOCCOCCOCCOC[C@H]1OC[C@H](Nc2nccc(C(F)(F)F)n2)[C@@H](O)[C@H]1O. The van der Waals surface area contributed by atoms with Crippen molar-refractivity contribution in [1.29, 1.82) is 0 Å². The van der Waals surface area contributed by atoms with Crippen LogP contribution in [0.25, 0.3) is 0 Å². The third kappa shape index (κ3) is 32.9. The number of carboxylic acids is 1. The molecule has 4 rings (SSSR count). The van der Waals surface area contributed by atoms with Gasteiger partial charge in [0.15, 0.2) is 0 Å². The van der Waals surface area contributed by atoms with E-state index in [-0.39, 0.29) is 215 Å². The summed E-state index contributed by atoms with van der Waals surface area (Å²) >= 11 is 0. The van der Waals surface area contributed by atoms with Crippen molar-refractivity contribution < 1.29 is 133 Å². The van der Waals surface area contributed by atoms with Crippen LogP contribution in [0.1, 0.15) is 30.7 Å². The summed E-state index contributed by atoms with van der Waals surface area (Å²) in [6.07, 6.45) is -15.3. The molecule has 10 N–H and O–H groups in total. The van der Waals surface area contributed by atoms with Crippen molar-refractivity contribution in [2.45, 2.75) is 86.4 Å². The number of anilines is 2. The Hall–Kier alpha value is -5.46. The van der Waals surface area contributed by atoms with Crippen LogP contribution in [0, 0.1) is 0 Å². The van der Waals surface area contributed by atoms with Crippen LogP contribution < -0.4 is 26.6 Å². The fourth-order valence-electron chi connectivity index (χ4n) is 7.71. The van der Waals surface area contributed by atoms with Crippen LogP contribution in [0.4, 0.5) is 38.2 Å². The van der Waals surface area contributed by atoms with E-state index in [0.29, 0.717) is 12.1 Å². The third-order valence-corrected chi connectivity index (χ3v) is 12.4. The molecule has 31 nitrogen and oxygen atoms in total. The summed E-state index contributed by atoms with van der Waals surface area (Å²) in [5.41, 5.74) is -2.33. The van der Waals surface area contributed by atoms with Crippen LogP contribution in [0.2, 0.25) is 0 Å². The largest absolute Gasteiger partial charge is 0.481 e. The highest BCUT2D eigenvalue weighted by molar-refractivity contribution is 5.76. The number of ether oxygens (including phenoxy) is 13. The first-order valence-corrected chi connectivity index (χ1v) is 28.4. The molecule has 8 atom stereocenters. The number of halogens is 6. The summed E-state index contributed by atoms with van der Waals surface area (Å²) in [7, 11) is 0. The monoisotopic (exact) mass is 1300 g/mol. The lowest BCUT2D eigenvalue weighted by Crippen LogP contribution is -2.57. The number of amides is 2. The molecule has 2 aliphatic heterocycles. The summed E-state index contributed by atoms with van der Waals surface area (Å²) < 4.78 is 149. The van der Waals surface area contributed by atoms with E-state index in [2.05, 4.69) is 46.5 Å². The zero-order chi connectivity index (χ0) is 64.7. The molecule has 0 saturated carbocycles. The van der Waals surface area contributed by atoms with Gasteiger partial charge in [0.05, 0.1) is 176 Å². The molecule has 2 aromatic heterocycles. The van der Waals surface area contributed by atoms with Crippen molar-refractivity contribution in [3.05, 3.63) is 35.9 Å². The summed E-state index contributed by atoms with van der Waals surface area (Å²) in [4.78, 5) is 61.8. The summed E-state index contributed by atoms with van der Waals surface area (Å²) in [5, 5.41) is 64.1. The van der Waals surface area contributed by atoms with Crippen molar-refractivity contribution in [2.24, 2.45) is 0 Å². The number of esters is 1. The van der Waals surface area contributed by atoms with E-state index in [1.807, 2.05) is 0 Å². The fraction of sp³-hybridized carbons (Fsp3) is 0.769. The van der Waals surface area contributed by atoms with E-state index >= 15 is 0 Å². The number of carboxylic acid groups (broad SMARTS) is 1. The lowest BCUT2D eigenvalue weighted by molar-refractivity contribution is -0.161. The highest BCUT2D eigenvalue weighted by Gasteiger charge is 2.41. The first-order valence-electron chi connectivity index (χ1n) is 28.4. The molecule has 0 spiro atoms. The van der Waals surface area contributed by atoms with Crippen LogP contribution in [0.3, 0.4) is 0 Å². The molecule has 0 aromatic carbocycles. The van der Waals surface area contributed by atoms with Gasteiger partial charge in [0, 0.05) is 38.3 Å². The average Bonchev–Trinajstić information content (AvgIpc) is 2.13. The van der Waals surface area contributed by atoms with Crippen LogP contribution in [0.15, 0.2) is 24.5 Å². The quantitative estimate of drug-likeness (QED) is 0.0194. The Morgan fingerprint density at radius 3 is 1.28 bits per heavy atom. The van der Waals surface area contributed by atoms with Gasteiger partial charge in [-0.15, -0.1) is 0 Å². The molecule has 0 radical (unpaired) electrons.